The predicted octanol–water partition coefficient (Wildman–Crippen LogP) is 4.19. The first-order valence-electron chi connectivity index (χ1n) is 5.46. The summed E-state index contributed by atoms with van der Waals surface area (Å²) in [5.41, 5.74) is -0.696. The summed E-state index contributed by atoms with van der Waals surface area (Å²) in [5.74, 6) is 0.0224. The molecule has 0 saturated heterocycles. The van der Waals surface area contributed by atoms with Gasteiger partial charge >= 0.3 is 5.69 Å². The molecule has 2 aromatic rings. The van der Waals surface area contributed by atoms with Gasteiger partial charge in [-0.15, -0.1) is 0 Å². The first-order valence-corrected chi connectivity index (χ1v) is 5.84. The second-order valence-electron chi connectivity index (χ2n) is 3.77. The molecule has 0 amide bonds. The van der Waals surface area contributed by atoms with Crippen LogP contribution >= 0.6 is 11.6 Å². The summed E-state index contributed by atoms with van der Waals surface area (Å²) < 4.78 is 23.7. The topological polar surface area (TPSA) is 61.6 Å². The molecule has 0 aliphatic heterocycles. The second-order valence-corrected chi connectivity index (χ2v) is 4.18. The van der Waals surface area contributed by atoms with Crippen molar-refractivity contribution in [3.8, 4) is 17.2 Å². The van der Waals surface area contributed by atoms with Crippen molar-refractivity contribution in [3.05, 3.63) is 57.4 Å². The van der Waals surface area contributed by atoms with Crippen LogP contribution in [0.4, 0.5) is 10.1 Å². The van der Waals surface area contributed by atoms with E-state index >= 15 is 0 Å². The summed E-state index contributed by atoms with van der Waals surface area (Å²) in [6.07, 6.45) is 0. The number of hydrogen-bond acceptors (Lipinski definition) is 4. The molecule has 0 N–H and O–H groups in total. The van der Waals surface area contributed by atoms with Gasteiger partial charge in [-0.3, -0.25) is 10.1 Å². The van der Waals surface area contributed by atoms with Crippen molar-refractivity contribution in [2.24, 2.45) is 0 Å². The Kier molecular flexibility index (Phi) is 4.05. The van der Waals surface area contributed by atoms with Gasteiger partial charge in [0, 0.05) is 6.07 Å². The van der Waals surface area contributed by atoms with Crippen LogP contribution in [-0.2, 0) is 0 Å². The number of nitro benzene ring substituents is 1. The molecule has 0 bridgehead atoms. The summed E-state index contributed by atoms with van der Waals surface area (Å²) in [6, 6.07) is 8.30. The fraction of sp³-hybridized carbons (Fsp3) is 0.0769. The normalized spacial score (nSPS) is 10.2. The van der Waals surface area contributed by atoms with E-state index in [0.29, 0.717) is 11.5 Å². The van der Waals surface area contributed by atoms with Crippen LogP contribution in [0.25, 0.3) is 0 Å². The average Bonchev–Trinajstić information content (AvgIpc) is 2.42. The van der Waals surface area contributed by atoms with Gasteiger partial charge in [0.25, 0.3) is 0 Å². The highest BCUT2D eigenvalue weighted by atomic mass is 35.5. The molecular weight excluding hydrogens is 289 g/mol. The van der Waals surface area contributed by atoms with Crippen molar-refractivity contribution < 1.29 is 18.8 Å². The molecule has 5 nitrogen and oxygen atoms in total. The fourth-order valence-corrected chi connectivity index (χ4v) is 1.70. The van der Waals surface area contributed by atoms with Crippen molar-refractivity contribution in [2.45, 2.75) is 0 Å². The Morgan fingerprint density at radius 2 is 1.80 bits per heavy atom. The summed E-state index contributed by atoms with van der Waals surface area (Å²) in [7, 11) is 1.52. The highest BCUT2D eigenvalue weighted by Gasteiger charge is 2.18. The number of halogens is 2. The molecule has 0 aliphatic carbocycles. The molecule has 0 aliphatic rings. The van der Waals surface area contributed by atoms with Gasteiger partial charge < -0.3 is 9.47 Å². The first-order chi connectivity index (χ1) is 9.51. The maximum Gasteiger partial charge on any atom is 0.308 e. The number of nitrogens with zero attached hydrogens (tertiary/aromatic N) is 1. The van der Waals surface area contributed by atoms with Crippen LogP contribution in [0.5, 0.6) is 17.2 Å². The minimum absolute atomic E-state index is 0.00457. The highest BCUT2D eigenvalue weighted by molar-refractivity contribution is 6.32. The van der Waals surface area contributed by atoms with Crippen LogP contribution in [0.2, 0.25) is 5.02 Å². The van der Waals surface area contributed by atoms with E-state index in [1.807, 2.05) is 0 Å². The third kappa shape index (κ3) is 2.97. The number of nitro groups is 1. The number of methoxy groups -OCH3 is 1. The summed E-state index contributed by atoms with van der Waals surface area (Å²) >= 11 is 5.80. The Hall–Kier alpha value is -2.34. The van der Waals surface area contributed by atoms with E-state index in [9.17, 15) is 14.5 Å². The van der Waals surface area contributed by atoms with Crippen molar-refractivity contribution in [1.82, 2.24) is 0 Å². The zero-order valence-electron chi connectivity index (χ0n) is 10.3. The van der Waals surface area contributed by atoms with Gasteiger partial charge in [0.05, 0.1) is 23.1 Å². The lowest BCUT2D eigenvalue weighted by atomic mass is 10.3. The molecule has 0 spiro atoms. The molecule has 2 aromatic carbocycles. The predicted molar refractivity (Wildman–Crippen MR) is 71.1 cm³/mol. The van der Waals surface area contributed by atoms with E-state index in [4.69, 9.17) is 21.1 Å². The minimum Gasteiger partial charge on any atom is -0.497 e. The smallest absolute Gasteiger partial charge is 0.308 e. The summed E-state index contributed by atoms with van der Waals surface area (Å²) in [5, 5.41) is 10.6. The molecule has 0 heterocycles. The van der Waals surface area contributed by atoms with Gasteiger partial charge in [0.1, 0.15) is 11.5 Å². The van der Waals surface area contributed by atoms with Crippen molar-refractivity contribution in [2.75, 3.05) is 7.11 Å². The van der Waals surface area contributed by atoms with Gasteiger partial charge in [-0.25, -0.2) is 0 Å². The van der Waals surface area contributed by atoms with Crippen LogP contribution in [0.3, 0.4) is 0 Å². The van der Waals surface area contributed by atoms with E-state index < -0.39 is 16.4 Å². The molecule has 104 valence electrons. The van der Waals surface area contributed by atoms with E-state index in [1.165, 1.54) is 7.11 Å². The maximum absolute atomic E-state index is 13.3. The largest absolute Gasteiger partial charge is 0.497 e. The Morgan fingerprint density at radius 3 is 2.35 bits per heavy atom. The quantitative estimate of drug-likeness (QED) is 0.627. The highest BCUT2D eigenvalue weighted by Crippen LogP contribution is 2.35. The molecule has 0 fully saturated rings. The molecule has 0 aromatic heterocycles. The van der Waals surface area contributed by atoms with Crippen LogP contribution in [0.1, 0.15) is 0 Å². The Morgan fingerprint density at radius 1 is 1.20 bits per heavy atom. The zero-order valence-corrected chi connectivity index (χ0v) is 11.1. The second kappa shape index (κ2) is 5.75. The molecule has 0 unspecified atom stereocenters. The number of ether oxygens (including phenoxy) is 2. The minimum atomic E-state index is -1.01. The molecule has 0 atom stereocenters. The summed E-state index contributed by atoms with van der Waals surface area (Å²) in [4.78, 5) is 9.83. The Labute approximate surface area is 118 Å². The van der Waals surface area contributed by atoms with Crippen molar-refractivity contribution >= 4 is 17.3 Å². The Balaban J connectivity index is 2.32. The van der Waals surface area contributed by atoms with E-state index in [2.05, 4.69) is 0 Å². The van der Waals surface area contributed by atoms with E-state index in [1.54, 1.807) is 24.3 Å². The van der Waals surface area contributed by atoms with Crippen LogP contribution in [-0.4, -0.2) is 12.0 Å². The monoisotopic (exact) mass is 297 g/mol. The summed E-state index contributed by atoms with van der Waals surface area (Å²) in [6.45, 7) is 0. The van der Waals surface area contributed by atoms with Crippen LogP contribution in [0, 0.1) is 15.9 Å². The standard InChI is InChI=1S/C13H9ClFNO4/c1-19-8-2-4-9(5-3-8)20-13-7-12(16(17)18)11(15)6-10(13)14/h2-7H,1H3. The van der Waals surface area contributed by atoms with Gasteiger partial charge in [-0.05, 0) is 24.3 Å². The lowest BCUT2D eigenvalue weighted by Gasteiger charge is -2.08. The maximum atomic E-state index is 13.3. The van der Waals surface area contributed by atoms with Gasteiger partial charge in [0.15, 0.2) is 5.75 Å². The van der Waals surface area contributed by atoms with Crippen molar-refractivity contribution in [3.63, 3.8) is 0 Å². The van der Waals surface area contributed by atoms with E-state index in [-0.39, 0.29) is 10.8 Å². The van der Waals surface area contributed by atoms with Crippen LogP contribution in [0.15, 0.2) is 36.4 Å². The van der Waals surface area contributed by atoms with E-state index in [0.717, 1.165) is 12.1 Å². The molecule has 2 rings (SSSR count). The van der Waals surface area contributed by atoms with Crippen LogP contribution < -0.4 is 9.47 Å². The average molecular weight is 298 g/mol. The lowest BCUT2D eigenvalue weighted by Crippen LogP contribution is -1.94. The number of benzene rings is 2. The van der Waals surface area contributed by atoms with Gasteiger partial charge in [0.2, 0.25) is 5.82 Å². The fourth-order valence-electron chi connectivity index (χ4n) is 1.51. The third-order valence-electron chi connectivity index (χ3n) is 2.49. The third-order valence-corrected chi connectivity index (χ3v) is 2.78. The molecular formula is C13H9ClFNO4. The van der Waals surface area contributed by atoms with Gasteiger partial charge in [-0.1, -0.05) is 11.6 Å². The molecule has 0 saturated carbocycles. The van der Waals surface area contributed by atoms with Crippen molar-refractivity contribution in [1.29, 1.82) is 0 Å². The first kappa shape index (κ1) is 14.1. The van der Waals surface area contributed by atoms with Gasteiger partial charge in [-0.2, -0.15) is 4.39 Å². The molecule has 7 heteroatoms. The molecule has 0 radical (unpaired) electrons. The SMILES string of the molecule is COc1ccc(Oc2cc([N+](=O)[O-])c(F)cc2Cl)cc1. The molecule has 20 heavy (non-hydrogen) atoms. The number of hydrogen-bond donors (Lipinski definition) is 0. The zero-order chi connectivity index (χ0) is 14.7. The lowest BCUT2D eigenvalue weighted by molar-refractivity contribution is -0.387. The number of rotatable bonds is 4. The Bertz CT molecular complexity index is 646.